The molecule has 0 saturated carbocycles. The van der Waals surface area contributed by atoms with Gasteiger partial charge in [-0.2, -0.15) is 0 Å². The summed E-state index contributed by atoms with van der Waals surface area (Å²) in [6.45, 7) is 3.57. The molecule has 1 saturated heterocycles. The Labute approximate surface area is 110 Å². The number of carbonyl (C=O) groups is 2. The van der Waals surface area contributed by atoms with Crippen LogP contribution in [0.2, 0.25) is 0 Å². The van der Waals surface area contributed by atoms with Crippen molar-refractivity contribution < 1.29 is 19.1 Å². The SMILES string of the molecule is CC1(C)Oc2ccc(N3C(=O)C[C@@H](N)C3=O)cc2O1. The van der Waals surface area contributed by atoms with E-state index in [4.69, 9.17) is 15.2 Å². The molecular weight excluding hydrogens is 248 g/mol. The van der Waals surface area contributed by atoms with Crippen LogP contribution in [0.25, 0.3) is 0 Å². The molecule has 1 fully saturated rings. The van der Waals surface area contributed by atoms with Gasteiger partial charge in [0.1, 0.15) is 0 Å². The standard InChI is InChI=1S/C13H14N2O4/c1-13(2)18-9-4-3-7(5-10(9)19-13)15-11(16)6-8(14)12(15)17/h3-5,8H,6,14H2,1-2H3/t8-/m1/s1. The lowest BCUT2D eigenvalue weighted by Crippen LogP contribution is -2.35. The molecule has 100 valence electrons. The Morgan fingerprint density at radius 1 is 1.26 bits per heavy atom. The molecule has 2 heterocycles. The molecule has 1 atom stereocenters. The lowest BCUT2D eigenvalue weighted by Gasteiger charge is -2.16. The van der Waals surface area contributed by atoms with Crippen molar-refractivity contribution in [2.45, 2.75) is 32.1 Å². The van der Waals surface area contributed by atoms with Crippen molar-refractivity contribution >= 4 is 17.5 Å². The van der Waals surface area contributed by atoms with E-state index >= 15 is 0 Å². The number of benzene rings is 1. The molecule has 0 spiro atoms. The van der Waals surface area contributed by atoms with Crippen LogP contribution in [0.1, 0.15) is 20.3 Å². The number of rotatable bonds is 1. The molecule has 0 radical (unpaired) electrons. The van der Waals surface area contributed by atoms with E-state index in [0.717, 1.165) is 4.90 Å². The third kappa shape index (κ3) is 1.84. The van der Waals surface area contributed by atoms with Crippen molar-refractivity contribution in [2.75, 3.05) is 4.90 Å². The van der Waals surface area contributed by atoms with Crippen molar-refractivity contribution in [3.8, 4) is 11.5 Å². The molecule has 1 aromatic carbocycles. The first-order chi connectivity index (χ1) is 8.87. The van der Waals surface area contributed by atoms with E-state index in [1.165, 1.54) is 0 Å². The van der Waals surface area contributed by atoms with Crippen molar-refractivity contribution in [3.63, 3.8) is 0 Å². The van der Waals surface area contributed by atoms with Crippen LogP contribution in [0.15, 0.2) is 18.2 Å². The number of nitrogens with zero attached hydrogens (tertiary/aromatic N) is 1. The molecule has 2 amide bonds. The molecule has 2 aliphatic heterocycles. The second-order valence-electron chi connectivity index (χ2n) is 5.11. The fourth-order valence-corrected chi connectivity index (χ4v) is 2.28. The summed E-state index contributed by atoms with van der Waals surface area (Å²) in [6.07, 6.45) is 0.0404. The Morgan fingerprint density at radius 2 is 1.95 bits per heavy atom. The van der Waals surface area contributed by atoms with E-state index in [-0.39, 0.29) is 18.2 Å². The third-order valence-electron chi connectivity index (χ3n) is 3.08. The predicted octanol–water partition coefficient (Wildman–Crippen LogP) is 0.784. The van der Waals surface area contributed by atoms with Crippen LogP contribution in [-0.2, 0) is 9.59 Å². The third-order valence-corrected chi connectivity index (χ3v) is 3.08. The van der Waals surface area contributed by atoms with Crippen LogP contribution in [0.4, 0.5) is 5.69 Å². The molecule has 3 rings (SSSR count). The van der Waals surface area contributed by atoms with Crippen LogP contribution in [0.3, 0.4) is 0 Å². The van der Waals surface area contributed by atoms with Gasteiger partial charge >= 0.3 is 0 Å². The van der Waals surface area contributed by atoms with Crippen molar-refractivity contribution in [1.29, 1.82) is 0 Å². The van der Waals surface area contributed by atoms with Crippen LogP contribution in [0.5, 0.6) is 11.5 Å². The van der Waals surface area contributed by atoms with Gasteiger partial charge in [-0.25, -0.2) is 4.90 Å². The summed E-state index contributed by atoms with van der Waals surface area (Å²) < 4.78 is 11.1. The Morgan fingerprint density at radius 3 is 2.58 bits per heavy atom. The molecular formula is C13H14N2O4. The molecule has 0 aromatic heterocycles. The highest BCUT2D eigenvalue weighted by Gasteiger charge is 2.39. The highest BCUT2D eigenvalue weighted by atomic mass is 16.7. The molecule has 2 N–H and O–H groups in total. The molecule has 1 aromatic rings. The summed E-state index contributed by atoms with van der Waals surface area (Å²) in [5.41, 5.74) is 6.05. The fourth-order valence-electron chi connectivity index (χ4n) is 2.28. The number of nitrogens with two attached hydrogens (primary N) is 1. The summed E-state index contributed by atoms with van der Waals surface area (Å²) in [7, 11) is 0. The Balaban J connectivity index is 1.97. The second-order valence-corrected chi connectivity index (χ2v) is 5.11. The zero-order chi connectivity index (χ0) is 13.8. The number of carbonyl (C=O) groups excluding carboxylic acids is 2. The zero-order valence-corrected chi connectivity index (χ0v) is 10.7. The quantitative estimate of drug-likeness (QED) is 0.756. The van der Waals surface area contributed by atoms with Gasteiger partial charge in [0.2, 0.25) is 11.7 Å². The maximum atomic E-state index is 11.9. The van der Waals surface area contributed by atoms with Gasteiger partial charge in [-0.05, 0) is 12.1 Å². The summed E-state index contributed by atoms with van der Waals surface area (Å²) in [5.74, 6) is -0.310. The topological polar surface area (TPSA) is 81.9 Å². The minimum Gasteiger partial charge on any atom is -0.449 e. The molecule has 0 unspecified atom stereocenters. The van der Waals surface area contributed by atoms with Crippen molar-refractivity contribution in [1.82, 2.24) is 0 Å². The monoisotopic (exact) mass is 262 g/mol. The number of fused-ring (bicyclic) bond motifs is 1. The van der Waals surface area contributed by atoms with Crippen LogP contribution in [-0.4, -0.2) is 23.6 Å². The minimum absolute atomic E-state index is 0.0404. The van der Waals surface area contributed by atoms with Gasteiger partial charge in [0.05, 0.1) is 18.2 Å². The highest BCUT2D eigenvalue weighted by molar-refractivity contribution is 6.22. The maximum Gasteiger partial charge on any atom is 0.251 e. The van der Waals surface area contributed by atoms with Gasteiger partial charge < -0.3 is 15.2 Å². The van der Waals surface area contributed by atoms with E-state index in [1.54, 1.807) is 32.0 Å². The van der Waals surface area contributed by atoms with Crippen molar-refractivity contribution in [2.24, 2.45) is 5.73 Å². The van der Waals surface area contributed by atoms with E-state index < -0.39 is 11.8 Å². The summed E-state index contributed by atoms with van der Waals surface area (Å²) in [5, 5.41) is 0. The maximum absolute atomic E-state index is 11.9. The number of ether oxygens (including phenoxy) is 2. The van der Waals surface area contributed by atoms with Gasteiger partial charge in [0.25, 0.3) is 5.91 Å². The number of hydrogen-bond donors (Lipinski definition) is 1. The predicted molar refractivity (Wildman–Crippen MR) is 66.9 cm³/mol. The van der Waals surface area contributed by atoms with E-state index in [9.17, 15) is 9.59 Å². The molecule has 2 aliphatic rings. The lowest BCUT2D eigenvalue weighted by molar-refractivity contribution is -0.121. The second kappa shape index (κ2) is 3.71. The first kappa shape index (κ1) is 12.0. The van der Waals surface area contributed by atoms with E-state index in [2.05, 4.69) is 0 Å². The summed E-state index contributed by atoms with van der Waals surface area (Å²) in [6, 6.07) is 4.20. The largest absolute Gasteiger partial charge is 0.449 e. The fraction of sp³-hybridized carbons (Fsp3) is 0.385. The van der Waals surface area contributed by atoms with E-state index in [1.807, 2.05) is 0 Å². The van der Waals surface area contributed by atoms with Gasteiger partial charge in [0, 0.05) is 19.9 Å². The van der Waals surface area contributed by atoms with Gasteiger partial charge in [-0.1, -0.05) is 0 Å². The average Bonchev–Trinajstić information content (AvgIpc) is 2.74. The Bertz CT molecular complexity index is 582. The Hall–Kier alpha value is -2.08. The van der Waals surface area contributed by atoms with Crippen LogP contribution in [0, 0.1) is 0 Å². The number of hydrogen-bond acceptors (Lipinski definition) is 5. The minimum atomic E-state index is -0.755. The highest BCUT2D eigenvalue weighted by Crippen LogP contribution is 2.41. The normalized spacial score (nSPS) is 24.2. The summed E-state index contributed by atoms with van der Waals surface area (Å²) >= 11 is 0. The van der Waals surface area contributed by atoms with Gasteiger partial charge in [-0.3, -0.25) is 9.59 Å². The van der Waals surface area contributed by atoms with Crippen LogP contribution < -0.4 is 20.1 Å². The van der Waals surface area contributed by atoms with E-state index in [0.29, 0.717) is 17.2 Å². The van der Waals surface area contributed by atoms with Gasteiger partial charge in [0.15, 0.2) is 11.5 Å². The Kier molecular flexibility index (Phi) is 2.34. The number of anilines is 1. The number of imide groups is 1. The number of amides is 2. The molecule has 6 heteroatoms. The first-order valence-corrected chi connectivity index (χ1v) is 6.02. The average molecular weight is 262 g/mol. The smallest absolute Gasteiger partial charge is 0.251 e. The summed E-state index contributed by atoms with van der Waals surface area (Å²) in [4.78, 5) is 24.7. The van der Waals surface area contributed by atoms with Gasteiger partial charge in [-0.15, -0.1) is 0 Å². The zero-order valence-electron chi connectivity index (χ0n) is 10.7. The molecule has 0 bridgehead atoms. The molecule has 6 nitrogen and oxygen atoms in total. The molecule has 19 heavy (non-hydrogen) atoms. The lowest BCUT2D eigenvalue weighted by atomic mass is 10.2. The van der Waals surface area contributed by atoms with Crippen LogP contribution >= 0.6 is 0 Å². The molecule has 0 aliphatic carbocycles. The first-order valence-electron chi connectivity index (χ1n) is 6.02. The van der Waals surface area contributed by atoms with Crippen molar-refractivity contribution in [3.05, 3.63) is 18.2 Å².